The number of para-hydroxylation sites is 1. The quantitative estimate of drug-likeness (QED) is 0.497. The number of carbonyl (C=O) groups is 1. The molecule has 0 saturated carbocycles. The van der Waals surface area contributed by atoms with E-state index in [4.69, 9.17) is 4.74 Å². The molecule has 1 fully saturated rings. The van der Waals surface area contributed by atoms with E-state index >= 15 is 0 Å². The number of carbonyl (C=O) groups excluding carboxylic acids is 1. The summed E-state index contributed by atoms with van der Waals surface area (Å²) >= 11 is 0. The van der Waals surface area contributed by atoms with E-state index in [0.717, 1.165) is 36.5 Å². The van der Waals surface area contributed by atoms with Gasteiger partial charge >= 0.3 is 0 Å². The molecule has 5 rings (SSSR count). The number of hydrogen-bond donors (Lipinski definition) is 1. The van der Waals surface area contributed by atoms with Gasteiger partial charge in [0.25, 0.3) is 11.6 Å². The van der Waals surface area contributed by atoms with Crippen LogP contribution in [0.5, 0.6) is 0 Å². The van der Waals surface area contributed by atoms with E-state index < -0.39 is 11.1 Å². The van der Waals surface area contributed by atoms with Crippen molar-refractivity contribution in [3.63, 3.8) is 0 Å². The smallest absolute Gasteiger partial charge is 0.269 e. The maximum Gasteiger partial charge on any atom is 0.269 e. The zero-order valence-corrected chi connectivity index (χ0v) is 16.8. The van der Waals surface area contributed by atoms with E-state index in [2.05, 4.69) is 5.32 Å². The van der Waals surface area contributed by atoms with Crippen LogP contribution in [0.25, 0.3) is 5.69 Å². The van der Waals surface area contributed by atoms with Crippen LogP contribution in [-0.4, -0.2) is 39.6 Å². The Morgan fingerprint density at radius 1 is 1.10 bits per heavy atom. The number of fused-ring (bicyclic) bond motifs is 1. The van der Waals surface area contributed by atoms with Crippen molar-refractivity contribution >= 4 is 17.3 Å². The number of nitrogens with one attached hydrogen (secondary N) is 1. The SMILES string of the molecule is O=C1c2ccccc2N[C@@H](c2cccn2-c2ccc([N+](=O)[O-])cc2)N1C[C@@H]1CCCO1. The molecular formula is C23H22N4O4. The van der Waals surface area contributed by atoms with Gasteiger partial charge in [0, 0.05) is 42.9 Å². The van der Waals surface area contributed by atoms with E-state index in [1.807, 2.05) is 52.1 Å². The maximum atomic E-state index is 13.4. The summed E-state index contributed by atoms with van der Waals surface area (Å²) in [6, 6.07) is 17.8. The Kier molecular flexibility index (Phi) is 4.91. The molecule has 1 aromatic heterocycles. The number of nitrogens with zero attached hydrogens (tertiary/aromatic N) is 3. The van der Waals surface area contributed by atoms with Gasteiger partial charge in [-0.05, 0) is 49.2 Å². The highest BCUT2D eigenvalue weighted by atomic mass is 16.6. The lowest BCUT2D eigenvalue weighted by Crippen LogP contribution is -2.46. The number of aromatic nitrogens is 1. The van der Waals surface area contributed by atoms with E-state index in [9.17, 15) is 14.9 Å². The summed E-state index contributed by atoms with van der Waals surface area (Å²) in [6.45, 7) is 1.22. The minimum Gasteiger partial charge on any atom is -0.376 e. The molecule has 8 heteroatoms. The van der Waals surface area contributed by atoms with Crippen molar-refractivity contribution in [1.82, 2.24) is 9.47 Å². The number of benzene rings is 2. The van der Waals surface area contributed by atoms with Gasteiger partial charge in [-0.2, -0.15) is 0 Å². The van der Waals surface area contributed by atoms with Gasteiger partial charge in [0.15, 0.2) is 0 Å². The van der Waals surface area contributed by atoms with Crippen LogP contribution in [0.4, 0.5) is 11.4 Å². The van der Waals surface area contributed by atoms with Crippen LogP contribution in [0.3, 0.4) is 0 Å². The molecule has 1 N–H and O–H groups in total. The molecule has 0 spiro atoms. The molecule has 1 saturated heterocycles. The van der Waals surface area contributed by atoms with Crippen molar-refractivity contribution in [3.05, 3.63) is 88.2 Å². The third-order valence-corrected chi connectivity index (χ3v) is 5.85. The summed E-state index contributed by atoms with van der Waals surface area (Å²) in [6.07, 6.45) is 3.45. The van der Waals surface area contributed by atoms with Crippen molar-refractivity contribution in [1.29, 1.82) is 0 Å². The first-order valence-corrected chi connectivity index (χ1v) is 10.3. The second kappa shape index (κ2) is 7.88. The highest BCUT2D eigenvalue weighted by Gasteiger charge is 2.36. The topological polar surface area (TPSA) is 89.6 Å². The van der Waals surface area contributed by atoms with Gasteiger partial charge in [-0.1, -0.05) is 12.1 Å². The lowest BCUT2D eigenvalue weighted by molar-refractivity contribution is -0.384. The van der Waals surface area contributed by atoms with Crippen LogP contribution in [0.15, 0.2) is 66.9 Å². The van der Waals surface area contributed by atoms with E-state index in [1.54, 1.807) is 12.1 Å². The van der Waals surface area contributed by atoms with Gasteiger partial charge in [-0.3, -0.25) is 14.9 Å². The third-order valence-electron chi connectivity index (χ3n) is 5.85. The summed E-state index contributed by atoms with van der Waals surface area (Å²) < 4.78 is 7.77. The molecule has 2 atom stereocenters. The molecule has 0 aliphatic carbocycles. The molecule has 0 radical (unpaired) electrons. The van der Waals surface area contributed by atoms with E-state index in [1.165, 1.54) is 12.1 Å². The van der Waals surface area contributed by atoms with Crippen molar-refractivity contribution < 1.29 is 14.5 Å². The van der Waals surface area contributed by atoms with Crippen LogP contribution in [0.2, 0.25) is 0 Å². The normalized spacial score (nSPS) is 20.4. The average molecular weight is 418 g/mol. The van der Waals surface area contributed by atoms with Crippen molar-refractivity contribution in [2.75, 3.05) is 18.5 Å². The lowest BCUT2D eigenvalue weighted by Gasteiger charge is -2.39. The molecule has 31 heavy (non-hydrogen) atoms. The standard InChI is InChI=1S/C23H22N4O4/c28-23-19-6-1-2-7-20(19)24-22(26(23)15-18-5-4-14-31-18)21-8-3-13-25(21)16-9-11-17(12-10-16)27(29)30/h1-3,6-13,18,22,24H,4-5,14-15H2/t18-,22+/m0/s1. The Morgan fingerprint density at radius 2 is 1.90 bits per heavy atom. The van der Waals surface area contributed by atoms with Crippen LogP contribution < -0.4 is 5.32 Å². The summed E-state index contributed by atoms with van der Waals surface area (Å²) in [5.74, 6) is -0.0358. The molecule has 2 aromatic carbocycles. The first-order valence-electron chi connectivity index (χ1n) is 10.3. The van der Waals surface area contributed by atoms with Crippen LogP contribution in [-0.2, 0) is 4.74 Å². The number of rotatable bonds is 5. The largest absolute Gasteiger partial charge is 0.376 e. The van der Waals surface area contributed by atoms with Crippen molar-refractivity contribution in [2.45, 2.75) is 25.1 Å². The van der Waals surface area contributed by atoms with Crippen molar-refractivity contribution in [2.24, 2.45) is 0 Å². The number of hydrogen-bond acceptors (Lipinski definition) is 5. The Morgan fingerprint density at radius 3 is 2.65 bits per heavy atom. The molecule has 2 aliphatic heterocycles. The molecule has 8 nitrogen and oxygen atoms in total. The minimum atomic E-state index is -0.415. The molecule has 3 aromatic rings. The van der Waals surface area contributed by atoms with Crippen LogP contribution >= 0.6 is 0 Å². The monoisotopic (exact) mass is 418 g/mol. The first kappa shape index (κ1) is 19.3. The summed E-state index contributed by atoms with van der Waals surface area (Å²) in [7, 11) is 0. The number of non-ortho nitro benzene ring substituents is 1. The number of amides is 1. The number of nitro benzene ring substituents is 1. The third kappa shape index (κ3) is 3.55. The molecule has 0 unspecified atom stereocenters. The summed E-state index contributed by atoms with van der Waals surface area (Å²) in [5, 5.41) is 14.5. The maximum absolute atomic E-state index is 13.4. The second-order valence-corrected chi connectivity index (χ2v) is 7.76. The van der Waals surface area contributed by atoms with Gasteiger partial charge < -0.3 is 19.5 Å². The molecule has 158 valence electrons. The fraction of sp³-hybridized carbons (Fsp3) is 0.261. The Bertz CT molecular complexity index is 1120. The number of nitro groups is 1. The average Bonchev–Trinajstić information content (AvgIpc) is 3.48. The molecule has 3 heterocycles. The number of anilines is 1. The Balaban J connectivity index is 1.53. The first-order chi connectivity index (χ1) is 15.1. The zero-order chi connectivity index (χ0) is 21.4. The molecular weight excluding hydrogens is 396 g/mol. The minimum absolute atomic E-state index is 0.0151. The lowest BCUT2D eigenvalue weighted by atomic mass is 10.0. The summed E-state index contributed by atoms with van der Waals surface area (Å²) in [4.78, 5) is 25.8. The zero-order valence-electron chi connectivity index (χ0n) is 16.8. The van der Waals surface area contributed by atoms with Gasteiger partial charge in [-0.25, -0.2) is 0 Å². The van der Waals surface area contributed by atoms with E-state index in [-0.39, 0.29) is 17.7 Å². The summed E-state index contributed by atoms with van der Waals surface area (Å²) in [5.41, 5.74) is 3.13. The van der Waals surface area contributed by atoms with Crippen LogP contribution in [0.1, 0.15) is 35.1 Å². The van der Waals surface area contributed by atoms with Gasteiger partial charge in [0.2, 0.25) is 0 Å². The van der Waals surface area contributed by atoms with Gasteiger partial charge in [0.1, 0.15) is 6.17 Å². The predicted molar refractivity (Wildman–Crippen MR) is 115 cm³/mol. The molecule has 1 amide bonds. The highest BCUT2D eigenvalue weighted by Crippen LogP contribution is 2.35. The molecule has 2 aliphatic rings. The fourth-order valence-corrected chi connectivity index (χ4v) is 4.31. The Hall–Kier alpha value is -3.65. The van der Waals surface area contributed by atoms with E-state index in [0.29, 0.717) is 12.1 Å². The molecule has 0 bridgehead atoms. The Labute approximate surface area is 179 Å². The van der Waals surface area contributed by atoms with Gasteiger partial charge in [0.05, 0.1) is 22.3 Å². The highest BCUT2D eigenvalue weighted by molar-refractivity contribution is 6.01. The number of ether oxygens (including phenoxy) is 1. The van der Waals surface area contributed by atoms with Crippen molar-refractivity contribution in [3.8, 4) is 5.69 Å². The second-order valence-electron chi connectivity index (χ2n) is 7.76. The van der Waals surface area contributed by atoms with Gasteiger partial charge in [-0.15, -0.1) is 0 Å². The predicted octanol–water partition coefficient (Wildman–Crippen LogP) is 4.13. The van der Waals surface area contributed by atoms with Crippen LogP contribution in [0, 0.1) is 10.1 Å². The fourth-order valence-electron chi connectivity index (χ4n) is 4.31.